The van der Waals surface area contributed by atoms with Gasteiger partial charge >= 0.3 is 0 Å². The minimum Gasteiger partial charge on any atom is -0.465 e. The topological polar surface area (TPSA) is 121 Å². The van der Waals surface area contributed by atoms with Crippen molar-refractivity contribution in [2.24, 2.45) is 0 Å². The molecule has 4 rings (SSSR count). The van der Waals surface area contributed by atoms with Crippen molar-refractivity contribution in [1.82, 2.24) is 19.8 Å². The molecule has 10 heteroatoms. The number of carbonyl (C=O) groups excluding carboxylic acids is 1. The van der Waals surface area contributed by atoms with Gasteiger partial charge in [0.2, 0.25) is 10.0 Å². The van der Waals surface area contributed by atoms with Crippen molar-refractivity contribution in [1.29, 1.82) is 0 Å². The predicted molar refractivity (Wildman–Crippen MR) is 104 cm³/mol. The summed E-state index contributed by atoms with van der Waals surface area (Å²) in [6.45, 7) is 4.79. The normalized spacial score (nSPS) is 14.6. The number of sulfonamides is 1. The van der Waals surface area contributed by atoms with E-state index in [4.69, 9.17) is 8.83 Å². The number of likely N-dealkylation sites (tertiary alicyclic amines) is 1. The third kappa shape index (κ3) is 3.85. The quantitative estimate of drug-likeness (QED) is 0.635. The van der Waals surface area contributed by atoms with E-state index in [0.29, 0.717) is 35.9 Å². The zero-order chi connectivity index (χ0) is 20.6. The number of furan rings is 2. The van der Waals surface area contributed by atoms with Crippen LogP contribution in [0.15, 0.2) is 38.1 Å². The Hall–Kier alpha value is -2.85. The largest absolute Gasteiger partial charge is 0.465 e. The molecule has 1 saturated heterocycles. The summed E-state index contributed by atoms with van der Waals surface area (Å²) in [6.07, 6.45) is 3.39. The summed E-state index contributed by atoms with van der Waals surface area (Å²) in [5, 5.41) is 6.72. The molecule has 1 amide bonds. The number of carbonyl (C=O) groups is 1. The van der Waals surface area contributed by atoms with E-state index in [9.17, 15) is 13.2 Å². The lowest BCUT2D eigenvalue weighted by Gasteiger charge is -2.14. The summed E-state index contributed by atoms with van der Waals surface area (Å²) in [5.74, 6) is 1.54. The first-order valence-corrected chi connectivity index (χ1v) is 10.8. The van der Waals surface area contributed by atoms with Crippen LogP contribution in [-0.4, -0.2) is 42.5 Å². The van der Waals surface area contributed by atoms with Gasteiger partial charge in [-0.15, -0.1) is 0 Å². The minimum atomic E-state index is -3.83. The Morgan fingerprint density at radius 2 is 2.00 bits per heavy atom. The first-order chi connectivity index (χ1) is 13.8. The lowest BCUT2D eigenvalue weighted by atomic mass is 10.2. The van der Waals surface area contributed by atoms with Crippen LogP contribution in [0.2, 0.25) is 0 Å². The maximum absolute atomic E-state index is 12.7. The Morgan fingerprint density at radius 3 is 2.69 bits per heavy atom. The van der Waals surface area contributed by atoms with E-state index in [2.05, 4.69) is 14.9 Å². The highest BCUT2D eigenvalue weighted by atomic mass is 32.2. The molecule has 9 nitrogen and oxygen atoms in total. The molecule has 1 aliphatic rings. The van der Waals surface area contributed by atoms with E-state index in [-0.39, 0.29) is 28.9 Å². The lowest BCUT2D eigenvalue weighted by Crippen LogP contribution is -2.27. The fourth-order valence-electron chi connectivity index (χ4n) is 3.41. The monoisotopic (exact) mass is 418 g/mol. The standard InChI is InChI=1S/C19H22N4O5S/c1-12-5-6-14(27-12)10-21-29(25,26)17-9-16(28-13(17)2)18-15(11-20-22-18)19(24)23-7-3-4-8-23/h5-6,9,11,21H,3-4,7-8,10H2,1-2H3,(H,20,22). The second kappa shape index (κ2) is 7.53. The molecule has 154 valence electrons. The van der Waals surface area contributed by atoms with Gasteiger partial charge in [-0.3, -0.25) is 9.89 Å². The van der Waals surface area contributed by atoms with Gasteiger partial charge in [0, 0.05) is 19.2 Å². The molecular formula is C19H22N4O5S. The van der Waals surface area contributed by atoms with E-state index < -0.39 is 10.0 Å². The average Bonchev–Trinajstić information content (AvgIpc) is 3.46. The van der Waals surface area contributed by atoms with Crippen LogP contribution < -0.4 is 4.72 Å². The number of nitrogens with one attached hydrogen (secondary N) is 2. The van der Waals surface area contributed by atoms with Gasteiger partial charge in [0.1, 0.15) is 27.9 Å². The maximum atomic E-state index is 12.7. The summed E-state index contributed by atoms with van der Waals surface area (Å²) >= 11 is 0. The first-order valence-electron chi connectivity index (χ1n) is 9.33. The van der Waals surface area contributed by atoms with Crippen molar-refractivity contribution < 1.29 is 22.0 Å². The Bertz CT molecular complexity index is 1140. The summed E-state index contributed by atoms with van der Waals surface area (Å²) in [7, 11) is -3.83. The molecular weight excluding hydrogens is 396 g/mol. The van der Waals surface area contributed by atoms with E-state index in [1.54, 1.807) is 30.9 Å². The molecule has 0 bridgehead atoms. The molecule has 0 unspecified atom stereocenters. The Kier molecular flexibility index (Phi) is 5.05. The third-order valence-corrected chi connectivity index (χ3v) is 6.41. The van der Waals surface area contributed by atoms with Crippen LogP contribution in [0.1, 0.15) is 40.5 Å². The summed E-state index contributed by atoms with van der Waals surface area (Å²) in [5.41, 5.74) is 0.733. The minimum absolute atomic E-state index is 0.00458. The average molecular weight is 418 g/mol. The zero-order valence-electron chi connectivity index (χ0n) is 16.2. The smallest absolute Gasteiger partial charge is 0.257 e. The van der Waals surface area contributed by atoms with Crippen molar-refractivity contribution in [2.75, 3.05) is 13.1 Å². The van der Waals surface area contributed by atoms with Crippen LogP contribution in [0.3, 0.4) is 0 Å². The van der Waals surface area contributed by atoms with Crippen molar-refractivity contribution >= 4 is 15.9 Å². The number of hydrogen-bond acceptors (Lipinski definition) is 6. The highest BCUT2D eigenvalue weighted by Gasteiger charge is 2.28. The highest BCUT2D eigenvalue weighted by molar-refractivity contribution is 7.89. The molecule has 4 heterocycles. The van der Waals surface area contributed by atoms with E-state index >= 15 is 0 Å². The van der Waals surface area contributed by atoms with E-state index in [1.807, 2.05) is 0 Å². The SMILES string of the molecule is Cc1ccc(CNS(=O)(=O)c2cc(-c3[nH]ncc3C(=O)N3CCCC3)oc2C)o1. The molecule has 1 aliphatic heterocycles. The van der Waals surface area contributed by atoms with Gasteiger partial charge in [-0.2, -0.15) is 5.10 Å². The molecule has 1 fully saturated rings. The Balaban J connectivity index is 1.58. The molecule has 0 aliphatic carbocycles. The van der Waals surface area contributed by atoms with E-state index in [1.165, 1.54) is 12.3 Å². The molecule has 0 aromatic carbocycles. The van der Waals surface area contributed by atoms with Crippen LogP contribution in [0.4, 0.5) is 0 Å². The number of nitrogens with zero attached hydrogens (tertiary/aromatic N) is 2. The van der Waals surface area contributed by atoms with Gasteiger partial charge in [0.15, 0.2) is 5.76 Å². The number of amides is 1. The lowest BCUT2D eigenvalue weighted by molar-refractivity contribution is 0.0793. The second-order valence-electron chi connectivity index (χ2n) is 7.03. The summed E-state index contributed by atoms with van der Waals surface area (Å²) < 4.78 is 39.0. The molecule has 0 atom stereocenters. The molecule has 0 radical (unpaired) electrons. The van der Waals surface area contributed by atoms with Crippen molar-refractivity contribution in [3.63, 3.8) is 0 Å². The number of rotatable bonds is 6. The van der Waals surface area contributed by atoms with Crippen molar-refractivity contribution in [3.05, 3.63) is 47.2 Å². The van der Waals surface area contributed by atoms with Crippen LogP contribution >= 0.6 is 0 Å². The molecule has 3 aromatic rings. The number of hydrogen-bond donors (Lipinski definition) is 2. The first kappa shape index (κ1) is 19.5. The molecule has 3 aromatic heterocycles. The van der Waals surface area contributed by atoms with E-state index in [0.717, 1.165) is 12.8 Å². The van der Waals surface area contributed by atoms with Crippen molar-refractivity contribution in [2.45, 2.75) is 38.1 Å². The van der Waals surface area contributed by atoms with Crippen LogP contribution in [0.25, 0.3) is 11.5 Å². The third-order valence-electron chi connectivity index (χ3n) is 4.90. The van der Waals surface area contributed by atoms with Gasteiger partial charge in [-0.25, -0.2) is 13.1 Å². The van der Waals surface area contributed by atoms with Gasteiger partial charge in [-0.05, 0) is 38.8 Å². The molecule has 29 heavy (non-hydrogen) atoms. The van der Waals surface area contributed by atoms with Crippen LogP contribution in [0.5, 0.6) is 0 Å². The van der Waals surface area contributed by atoms with Gasteiger partial charge < -0.3 is 13.7 Å². The predicted octanol–water partition coefficient (Wildman–Crippen LogP) is 2.59. The number of H-pyrrole nitrogens is 1. The molecule has 2 N–H and O–H groups in total. The number of aromatic amines is 1. The Labute approximate surface area is 168 Å². The van der Waals surface area contributed by atoms with Gasteiger partial charge in [0.05, 0.1) is 18.3 Å². The van der Waals surface area contributed by atoms with Crippen LogP contribution in [-0.2, 0) is 16.6 Å². The molecule has 0 spiro atoms. The zero-order valence-corrected chi connectivity index (χ0v) is 17.0. The fourth-order valence-corrected chi connectivity index (χ4v) is 4.58. The highest BCUT2D eigenvalue weighted by Crippen LogP contribution is 2.30. The Morgan fingerprint density at radius 1 is 1.24 bits per heavy atom. The maximum Gasteiger partial charge on any atom is 0.257 e. The fraction of sp³-hybridized carbons (Fsp3) is 0.368. The van der Waals surface area contributed by atoms with Crippen LogP contribution in [0, 0.1) is 13.8 Å². The number of aryl methyl sites for hydroxylation is 2. The van der Waals surface area contributed by atoms with Gasteiger partial charge in [-0.1, -0.05) is 0 Å². The molecule has 0 saturated carbocycles. The van der Waals surface area contributed by atoms with Crippen molar-refractivity contribution in [3.8, 4) is 11.5 Å². The van der Waals surface area contributed by atoms with Gasteiger partial charge in [0.25, 0.3) is 5.91 Å². The second-order valence-corrected chi connectivity index (χ2v) is 8.76. The number of aromatic nitrogens is 2. The summed E-state index contributed by atoms with van der Waals surface area (Å²) in [4.78, 5) is 14.5. The summed E-state index contributed by atoms with van der Waals surface area (Å²) in [6, 6.07) is 4.88.